The van der Waals surface area contributed by atoms with Gasteiger partial charge in [-0.2, -0.15) is 0 Å². The van der Waals surface area contributed by atoms with E-state index in [1.54, 1.807) is 0 Å². The number of halogens is 1. The number of hydrogen-bond donors (Lipinski definition) is 1. The van der Waals surface area contributed by atoms with Crippen molar-refractivity contribution in [1.29, 1.82) is 0 Å². The first-order chi connectivity index (χ1) is 13.6. The van der Waals surface area contributed by atoms with Crippen LogP contribution < -0.4 is 5.32 Å². The summed E-state index contributed by atoms with van der Waals surface area (Å²) in [6.45, 7) is 4.26. The van der Waals surface area contributed by atoms with Crippen LogP contribution in [0.4, 0.5) is 0 Å². The number of hydrogen-bond acceptors (Lipinski definition) is 5. The average molecular weight is 399 g/mol. The zero-order valence-corrected chi connectivity index (χ0v) is 16.8. The van der Waals surface area contributed by atoms with Gasteiger partial charge in [0.2, 0.25) is 0 Å². The summed E-state index contributed by atoms with van der Waals surface area (Å²) in [5.41, 5.74) is 3.13. The minimum Gasteiger partial charge on any atom is -0.338 e. The normalized spacial score (nSPS) is 17.2. The molecular formula is C21H23ClN4O2. The highest BCUT2D eigenvalue weighted by Gasteiger charge is 2.27. The molecule has 0 saturated carbocycles. The summed E-state index contributed by atoms with van der Waals surface area (Å²) in [6, 6.07) is 9.26. The summed E-state index contributed by atoms with van der Waals surface area (Å²) in [6.07, 6.45) is 2.15. The smallest absolute Gasteiger partial charge is 0.259 e. The van der Waals surface area contributed by atoms with Gasteiger partial charge in [0.05, 0.1) is 22.3 Å². The molecule has 1 aromatic carbocycles. The lowest BCUT2D eigenvalue weighted by atomic mass is 9.96. The second-order valence-electron chi connectivity index (χ2n) is 7.33. The van der Waals surface area contributed by atoms with E-state index in [0.29, 0.717) is 39.0 Å². The summed E-state index contributed by atoms with van der Waals surface area (Å²) in [7, 11) is 1.95. The number of rotatable bonds is 4. The van der Waals surface area contributed by atoms with Crippen molar-refractivity contribution < 1.29 is 9.32 Å². The maximum Gasteiger partial charge on any atom is 0.259 e. The Morgan fingerprint density at radius 1 is 1.39 bits per heavy atom. The fourth-order valence-corrected chi connectivity index (χ4v) is 4.12. The Hall–Kier alpha value is -2.44. The minimum atomic E-state index is 0.00258. The number of aryl methyl sites for hydroxylation is 1. The highest BCUT2D eigenvalue weighted by atomic mass is 35.5. The largest absolute Gasteiger partial charge is 0.338 e. The van der Waals surface area contributed by atoms with E-state index in [9.17, 15) is 4.79 Å². The summed E-state index contributed by atoms with van der Waals surface area (Å²) in [5, 5.41) is 8.56. The summed E-state index contributed by atoms with van der Waals surface area (Å²) in [4.78, 5) is 20.0. The van der Waals surface area contributed by atoms with Gasteiger partial charge in [0, 0.05) is 23.7 Å². The number of benzene rings is 1. The molecule has 1 aliphatic heterocycles. The molecule has 6 nitrogen and oxygen atoms in total. The lowest BCUT2D eigenvalue weighted by molar-refractivity contribution is 0.0676. The van der Waals surface area contributed by atoms with Crippen LogP contribution in [-0.4, -0.2) is 47.6 Å². The summed E-state index contributed by atoms with van der Waals surface area (Å²) in [5.74, 6) is 0.471. The molecule has 1 N–H and O–H groups in total. The van der Waals surface area contributed by atoms with E-state index in [-0.39, 0.29) is 5.91 Å². The maximum absolute atomic E-state index is 13.4. The van der Waals surface area contributed by atoms with Crippen LogP contribution in [-0.2, 0) is 0 Å². The number of carbonyl (C=O) groups excluding carboxylic acids is 1. The van der Waals surface area contributed by atoms with Crippen molar-refractivity contribution in [2.45, 2.75) is 19.8 Å². The number of amides is 1. The molecule has 7 heteroatoms. The molecule has 146 valence electrons. The number of aromatic nitrogens is 2. The molecule has 3 aromatic rings. The molecule has 3 heterocycles. The van der Waals surface area contributed by atoms with Crippen molar-refractivity contribution >= 4 is 28.6 Å². The van der Waals surface area contributed by atoms with Gasteiger partial charge < -0.3 is 14.7 Å². The standard InChI is InChI=1S/C21H23ClN4O2/c1-13-19-17(21(27)26-8-4-5-14(12-26)11-23-2)10-18(24-20(19)28-25-13)15-6-3-7-16(22)9-15/h3,6-7,9-10,14,23H,4-5,8,11-12H2,1-2H3/t14-/m1/s1. The van der Waals surface area contributed by atoms with Gasteiger partial charge in [-0.25, -0.2) is 4.98 Å². The third-order valence-electron chi connectivity index (χ3n) is 5.27. The second-order valence-corrected chi connectivity index (χ2v) is 7.77. The number of nitrogens with one attached hydrogen (secondary N) is 1. The zero-order chi connectivity index (χ0) is 19.7. The topological polar surface area (TPSA) is 71.3 Å². The molecule has 1 amide bonds. The Balaban J connectivity index is 1.76. The maximum atomic E-state index is 13.4. The lowest BCUT2D eigenvalue weighted by Crippen LogP contribution is -2.42. The number of carbonyl (C=O) groups is 1. The Bertz CT molecular complexity index is 1010. The highest BCUT2D eigenvalue weighted by molar-refractivity contribution is 6.30. The van der Waals surface area contributed by atoms with Gasteiger partial charge in [-0.05, 0) is 57.5 Å². The fourth-order valence-electron chi connectivity index (χ4n) is 3.93. The highest BCUT2D eigenvalue weighted by Crippen LogP contribution is 2.30. The Labute approximate surface area is 168 Å². The SMILES string of the molecule is CNC[C@H]1CCCN(C(=O)c2cc(-c3cccc(Cl)c3)nc3onc(C)c23)C1. The molecule has 1 fully saturated rings. The molecule has 2 aromatic heterocycles. The Morgan fingerprint density at radius 3 is 3.04 bits per heavy atom. The monoisotopic (exact) mass is 398 g/mol. The summed E-state index contributed by atoms with van der Waals surface area (Å²) >= 11 is 6.14. The first-order valence-electron chi connectivity index (χ1n) is 9.53. The van der Waals surface area contributed by atoms with Gasteiger partial charge in [-0.15, -0.1) is 0 Å². The molecule has 1 saturated heterocycles. The van der Waals surface area contributed by atoms with E-state index in [0.717, 1.165) is 38.0 Å². The number of likely N-dealkylation sites (tertiary alicyclic amines) is 1. The zero-order valence-electron chi connectivity index (χ0n) is 16.0. The van der Waals surface area contributed by atoms with Crippen molar-refractivity contribution in [3.8, 4) is 11.3 Å². The van der Waals surface area contributed by atoms with E-state index in [1.165, 1.54) is 0 Å². The molecule has 1 atom stereocenters. The molecule has 4 rings (SSSR count). The van der Waals surface area contributed by atoms with Gasteiger partial charge in [-0.1, -0.05) is 28.9 Å². The number of piperidine rings is 1. The van der Waals surface area contributed by atoms with Crippen LogP contribution in [0.2, 0.25) is 5.02 Å². The van der Waals surface area contributed by atoms with Crippen molar-refractivity contribution in [3.05, 3.63) is 46.6 Å². The van der Waals surface area contributed by atoms with E-state index in [2.05, 4.69) is 15.5 Å². The van der Waals surface area contributed by atoms with Crippen LogP contribution >= 0.6 is 11.6 Å². The van der Waals surface area contributed by atoms with Crippen molar-refractivity contribution in [2.24, 2.45) is 5.92 Å². The van der Waals surface area contributed by atoms with E-state index in [4.69, 9.17) is 16.1 Å². The van der Waals surface area contributed by atoms with Crippen LogP contribution in [0.1, 0.15) is 28.9 Å². The first-order valence-corrected chi connectivity index (χ1v) is 9.91. The third-order valence-corrected chi connectivity index (χ3v) is 5.50. The molecule has 28 heavy (non-hydrogen) atoms. The van der Waals surface area contributed by atoms with Gasteiger partial charge in [0.1, 0.15) is 0 Å². The lowest BCUT2D eigenvalue weighted by Gasteiger charge is -2.33. The molecular weight excluding hydrogens is 376 g/mol. The first kappa shape index (κ1) is 18.9. The Morgan fingerprint density at radius 2 is 2.25 bits per heavy atom. The quantitative estimate of drug-likeness (QED) is 0.721. The number of fused-ring (bicyclic) bond motifs is 1. The minimum absolute atomic E-state index is 0.00258. The van der Waals surface area contributed by atoms with Gasteiger partial charge in [0.25, 0.3) is 11.6 Å². The molecule has 0 bridgehead atoms. The fraction of sp³-hybridized carbons (Fsp3) is 0.381. The molecule has 0 aliphatic carbocycles. The molecule has 0 unspecified atom stereocenters. The number of pyridine rings is 1. The van der Waals surface area contributed by atoms with E-state index in [1.807, 2.05) is 49.2 Å². The molecule has 0 spiro atoms. The number of nitrogens with zero attached hydrogens (tertiary/aromatic N) is 3. The van der Waals surface area contributed by atoms with Gasteiger partial charge >= 0.3 is 0 Å². The van der Waals surface area contributed by atoms with E-state index < -0.39 is 0 Å². The second kappa shape index (κ2) is 7.89. The molecule has 1 aliphatic rings. The predicted molar refractivity (Wildman–Crippen MR) is 110 cm³/mol. The van der Waals surface area contributed by atoms with Gasteiger partial charge in [0.15, 0.2) is 0 Å². The van der Waals surface area contributed by atoms with Crippen molar-refractivity contribution in [1.82, 2.24) is 20.4 Å². The van der Waals surface area contributed by atoms with Crippen molar-refractivity contribution in [3.63, 3.8) is 0 Å². The van der Waals surface area contributed by atoms with Crippen LogP contribution in [0.25, 0.3) is 22.4 Å². The van der Waals surface area contributed by atoms with Gasteiger partial charge in [-0.3, -0.25) is 4.79 Å². The molecule has 0 radical (unpaired) electrons. The van der Waals surface area contributed by atoms with Crippen LogP contribution in [0.3, 0.4) is 0 Å². The van der Waals surface area contributed by atoms with Crippen LogP contribution in [0, 0.1) is 12.8 Å². The average Bonchev–Trinajstić information content (AvgIpc) is 3.08. The predicted octanol–water partition coefficient (Wildman–Crippen LogP) is 3.92. The summed E-state index contributed by atoms with van der Waals surface area (Å²) < 4.78 is 5.40. The van der Waals surface area contributed by atoms with Crippen molar-refractivity contribution in [2.75, 3.05) is 26.7 Å². The Kier molecular flexibility index (Phi) is 5.33. The van der Waals surface area contributed by atoms with Crippen LogP contribution in [0.5, 0.6) is 0 Å². The van der Waals surface area contributed by atoms with E-state index >= 15 is 0 Å². The third kappa shape index (κ3) is 3.62. The van der Waals surface area contributed by atoms with Crippen LogP contribution in [0.15, 0.2) is 34.9 Å².